The maximum Gasteiger partial charge on any atom is 0.260 e. The molecule has 0 radical (unpaired) electrons. The summed E-state index contributed by atoms with van der Waals surface area (Å²) in [5.74, 6) is 0.951. The summed E-state index contributed by atoms with van der Waals surface area (Å²) >= 11 is 6.66. The minimum atomic E-state index is -0.322. The largest absolute Gasteiger partial charge is 0.465 e. The lowest BCUT2D eigenvalue weighted by Gasteiger charge is -2.08. The van der Waals surface area contributed by atoms with Crippen LogP contribution in [0.1, 0.15) is 32.2 Å². The number of carbonyl (C=O) groups is 2. The summed E-state index contributed by atoms with van der Waals surface area (Å²) in [5.41, 5.74) is 1.33. The van der Waals surface area contributed by atoms with Gasteiger partial charge in [-0.1, -0.05) is 6.07 Å². The average Bonchev–Trinajstić information content (AvgIpc) is 2.89. The molecular weight excluding hydrogens is 478 g/mol. The number of pyridine rings is 1. The van der Waals surface area contributed by atoms with Gasteiger partial charge in [0.1, 0.15) is 17.3 Å². The number of anilines is 2. The summed E-state index contributed by atoms with van der Waals surface area (Å²) in [6.07, 6.45) is 1.60. The Morgan fingerprint density at radius 2 is 1.78 bits per heavy atom. The Hall–Kier alpha value is -2.45. The van der Waals surface area contributed by atoms with Gasteiger partial charge in [-0.05, 0) is 76.0 Å². The molecule has 0 aliphatic carbocycles. The Morgan fingerprint density at radius 3 is 2.41 bits per heavy atom. The van der Waals surface area contributed by atoms with E-state index in [1.807, 2.05) is 0 Å². The second kappa shape index (κ2) is 8.06. The van der Waals surface area contributed by atoms with Gasteiger partial charge in [-0.2, -0.15) is 0 Å². The van der Waals surface area contributed by atoms with Gasteiger partial charge in [-0.3, -0.25) is 9.59 Å². The van der Waals surface area contributed by atoms with E-state index in [-0.39, 0.29) is 11.8 Å². The maximum atomic E-state index is 12.6. The fourth-order valence-corrected chi connectivity index (χ4v) is 3.26. The van der Waals surface area contributed by atoms with Gasteiger partial charge >= 0.3 is 0 Å². The molecule has 6 nitrogen and oxygen atoms in total. The van der Waals surface area contributed by atoms with Crippen LogP contribution in [0.4, 0.5) is 11.5 Å². The lowest BCUT2D eigenvalue weighted by Crippen LogP contribution is -2.15. The van der Waals surface area contributed by atoms with Crippen molar-refractivity contribution in [2.24, 2.45) is 0 Å². The molecule has 0 bridgehead atoms. The van der Waals surface area contributed by atoms with Crippen molar-refractivity contribution < 1.29 is 14.0 Å². The first-order valence-electron chi connectivity index (χ1n) is 7.95. The lowest BCUT2D eigenvalue weighted by atomic mass is 10.1. The van der Waals surface area contributed by atoms with Crippen LogP contribution in [0.5, 0.6) is 0 Å². The highest BCUT2D eigenvalue weighted by Gasteiger charge is 2.20. The minimum absolute atomic E-state index is 0.316. The third-order valence-electron chi connectivity index (χ3n) is 3.77. The van der Waals surface area contributed by atoms with Crippen molar-refractivity contribution in [1.29, 1.82) is 0 Å². The van der Waals surface area contributed by atoms with E-state index in [0.717, 1.165) is 4.47 Å². The smallest absolute Gasteiger partial charge is 0.260 e. The molecule has 0 saturated carbocycles. The molecule has 27 heavy (non-hydrogen) atoms. The summed E-state index contributed by atoms with van der Waals surface area (Å²) in [7, 11) is 0. The van der Waals surface area contributed by atoms with Crippen molar-refractivity contribution in [3.63, 3.8) is 0 Å². The molecule has 0 saturated heterocycles. The van der Waals surface area contributed by atoms with E-state index in [1.54, 1.807) is 56.4 Å². The number of aromatic nitrogens is 1. The molecule has 0 unspecified atom stereocenters. The molecule has 0 aliphatic heterocycles. The minimum Gasteiger partial charge on any atom is -0.465 e. The molecule has 0 aliphatic rings. The Balaban J connectivity index is 1.76. The van der Waals surface area contributed by atoms with Crippen LogP contribution in [0, 0.1) is 13.8 Å². The van der Waals surface area contributed by atoms with E-state index in [4.69, 9.17) is 4.42 Å². The van der Waals surface area contributed by atoms with Crippen molar-refractivity contribution in [1.82, 2.24) is 4.98 Å². The number of carbonyl (C=O) groups excluding carboxylic acids is 2. The predicted molar refractivity (Wildman–Crippen MR) is 110 cm³/mol. The van der Waals surface area contributed by atoms with E-state index in [2.05, 4.69) is 47.5 Å². The molecule has 0 atom stereocenters. The number of nitrogens with zero attached hydrogens (tertiary/aromatic N) is 1. The standard InChI is InChI=1S/C19H15Br2N3O3/c1-10-16(17(21)11(2)27-10)19(26)23-14-5-3-4-12(8-14)18(25)24-15-7-6-13(20)9-22-15/h3-9H,1-2H3,(H,23,26)(H,22,24,25). The van der Waals surface area contributed by atoms with Crippen molar-refractivity contribution in [3.05, 3.63) is 74.2 Å². The van der Waals surface area contributed by atoms with Gasteiger partial charge in [0.05, 0.1) is 10.0 Å². The topological polar surface area (TPSA) is 84.2 Å². The Bertz CT molecular complexity index is 1010. The summed E-state index contributed by atoms with van der Waals surface area (Å²) in [6, 6.07) is 10.1. The summed E-state index contributed by atoms with van der Waals surface area (Å²) < 4.78 is 6.90. The van der Waals surface area contributed by atoms with E-state index in [1.165, 1.54) is 0 Å². The summed E-state index contributed by atoms with van der Waals surface area (Å²) in [6.45, 7) is 3.50. The van der Waals surface area contributed by atoms with Crippen LogP contribution in [0.3, 0.4) is 0 Å². The first-order valence-corrected chi connectivity index (χ1v) is 9.53. The molecular formula is C19H15Br2N3O3. The molecule has 2 heterocycles. The summed E-state index contributed by atoms with van der Waals surface area (Å²) in [5, 5.41) is 5.50. The lowest BCUT2D eigenvalue weighted by molar-refractivity contribution is 0.101. The van der Waals surface area contributed by atoms with Crippen LogP contribution in [-0.4, -0.2) is 16.8 Å². The van der Waals surface area contributed by atoms with Crippen LogP contribution in [0.2, 0.25) is 0 Å². The number of amides is 2. The number of halogens is 2. The fourth-order valence-electron chi connectivity index (χ4n) is 2.49. The van der Waals surface area contributed by atoms with Crippen LogP contribution in [-0.2, 0) is 0 Å². The second-order valence-electron chi connectivity index (χ2n) is 5.75. The van der Waals surface area contributed by atoms with Gasteiger partial charge in [-0.25, -0.2) is 4.98 Å². The molecule has 3 rings (SSSR count). The van der Waals surface area contributed by atoms with E-state index < -0.39 is 0 Å². The van der Waals surface area contributed by atoms with E-state index in [9.17, 15) is 9.59 Å². The zero-order valence-electron chi connectivity index (χ0n) is 14.5. The van der Waals surface area contributed by atoms with Crippen LogP contribution >= 0.6 is 31.9 Å². The normalized spacial score (nSPS) is 10.5. The Kier molecular flexibility index (Phi) is 5.76. The maximum absolute atomic E-state index is 12.6. The molecule has 8 heteroatoms. The number of hydrogen-bond acceptors (Lipinski definition) is 4. The Morgan fingerprint density at radius 1 is 1.00 bits per heavy atom. The van der Waals surface area contributed by atoms with E-state index in [0.29, 0.717) is 38.6 Å². The first kappa shape index (κ1) is 19.3. The molecule has 1 aromatic carbocycles. The van der Waals surface area contributed by atoms with Crippen LogP contribution < -0.4 is 10.6 Å². The van der Waals surface area contributed by atoms with Crippen molar-refractivity contribution >= 4 is 55.2 Å². The van der Waals surface area contributed by atoms with Crippen molar-refractivity contribution in [2.45, 2.75) is 13.8 Å². The van der Waals surface area contributed by atoms with Gasteiger partial charge in [0.25, 0.3) is 11.8 Å². The zero-order valence-corrected chi connectivity index (χ0v) is 17.6. The number of furan rings is 1. The van der Waals surface area contributed by atoms with Crippen molar-refractivity contribution in [3.8, 4) is 0 Å². The molecule has 0 spiro atoms. The van der Waals surface area contributed by atoms with Crippen LogP contribution in [0.25, 0.3) is 0 Å². The first-order chi connectivity index (χ1) is 12.8. The highest BCUT2D eigenvalue weighted by molar-refractivity contribution is 9.10. The number of hydrogen-bond donors (Lipinski definition) is 2. The second-order valence-corrected chi connectivity index (χ2v) is 7.46. The number of aryl methyl sites for hydroxylation is 2. The Labute approximate surface area is 172 Å². The molecule has 3 aromatic rings. The van der Waals surface area contributed by atoms with Gasteiger partial charge < -0.3 is 15.1 Å². The zero-order chi connectivity index (χ0) is 19.6. The molecule has 2 aromatic heterocycles. The highest BCUT2D eigenvalue weighted by Crippen LogP contribution is 2.28. The number of benzene rings is 1. The van der Waals surface area contributed by atoms with Crippen molar-refractivity contribution in [2.75, 3.05) is 10.6 Å². The van der Waals surface area contributed by atoms with Gasteiger partial charge in [0, 0.05) is 21.9 Å². The number of nitrogens with one attached hydrogen (secondary N) is 2. The SMILES string of the molecule is Cc1oc(C)c(C(=O)Nc2cccc(C(=O)Nc3ccc(Br)cn3)c2)c1Br. The monoisotopic (exact) mass is 491 g/mol. The highest BCUT2D eigenvalue weighted by atomic mass is 79.9. The molecule has 2 N–H and O–H groups in total. The van der Waals surface area contributed by atoms with Gasteiger partial charge in [0.15, 0.2) is 0 Å². The van der Waals surface area contributed by atoms with Gasteiger partial charge in [0.2, 0.25) is 0 Å². The quantitative estimate of drug-likeness (QED) is 0.516. The summed E-state index contributed by atoms with van der Waals surface area (Å²) in [4.78, 5) is 29.1. The van der Waals surface area contributed by atoms with Crippen LogP contribution in [0.15, 0.2) is 56.0 Å². The third kappa shape index (κ3) is 4.45. The van der Waals surface area contributed by atoms with E-state index >= 15 is 0 Å². The van der Waals surface area contributed by atoms with Gasteiger partial charge in [-0.15, -0.1) is 0 Å². The number of rotatable bonds is 4. The molecule has 138 valence electrons. The predicted octanol–water partition coefficient (Wildman–Crippen LogP) is 5.32. The fraction of sp³-hybridized carbons (Fsp3) is 0.105. The average molecular weight is 493 g/mol. The molecule has 0 fully saturated rings. The molecule has 2 amide bonds. The third-order valence-corrected chi connectivity index (χ3v) is 5.19.